The van der Waals surface area contributed by atoms with Gasteiger partial charge in [-0.1, -0.05) is 18.7 Å². The molecule has 0 saturated heterocycles. The lowest BCUT2D eigenvalue weighted by molar-refractivity contribution is -0.137. The van der Waals surface area contributed by atoms with Gasteiger partial charge in [0.1, 0.15) is 12.7 Å². The minimum atomic E-state index is -0.342. The number of ether oxygens (including phenoxy) is 1. The second-order valence-corrected chi connectivity index (χ2v) is 4.82. The van der Waals surface area contributed by atoms with Crippen molar-refractivity contribution in [3.63, 3.8) is 0 Å². The van der Waals surface area contributed by atoms with E-state index >= 15 is 0 Å². The van der Waals surface area contributed by atoms with E-state index in [0.717, 1.165) is 13.0 Å². The summed E-state index contributed by atoms with van der Waals surface area (Å²) in [6, 6.07) is 0. The molecule has 0 saturated carbocycles. The monoisotopic (exact) mass is 309 g/mol. The number of hydrogen-bond donors (Lipinski definition) is 1. The first-order valence-electron chi connectivity index (χ1n) is 6.27. The fourth-order valence-electron chi connectivity index (χ4n) is 1.32. The summed E-state index contributed by atoms with van der Waals surface area (Å²) < 4.78 is 6.03. The van der Waals surface area contributed by atoms with Crippen molar-refractivity contribution < 1.29 is 9.53 Å². The fourth-order valence-corrected chi connectivity index (χ4v) is 1.98. The molecule has 0 atom stereocenters. The zero-order valence-corrected chi connectivity index (χ0v) is 12.5. The summed E-state index contributed by atoms with van der Waals surface area (Å²) >= 11 is 1.17. The minimum absolute atomic E-state index is 0.129. The molecule has 0 bridgehead atoms. The van der Waals surface area contributed by atoms with Gasteiger partial charge in [-0.25, -0.2) is 4.98 Å². The maximum Gasteiger partial charge on any atom is 0.316 e. The van der Waals surface area contributed by atoms with E-state index in [0.29, 0.717) is 17.1 Å². The van der Waals surface area contributed by atoms with E-state index in [4.69, 9.17) is 0 Å². The van der Waals surface area contributed by atoms with E-state index in [2.05, 4.69) is 35.1 Å². The number of anilines is 1. The molecule has 1 N–H and O–H groups in total. The number of carbonyl (C=O) groups is 1. The van der Waals surface area contributed by atoms with Crippen molar-refractivity contribution in [3.8, 4) is 5.95 Å². The van der Waals surface area contributed by atoms with Crippen LogP contribution in [0.1, 0.15) is 13.3 Å². The molecular weight excluding hydrogens is 294 g/mol. The van der Waals surface area contributed by atoms with Crippen molar-refractivity contribution >= 4 is 23.7 Å². The molecule has 0 unspecified atom stereocenters. The second-order valence-electron chi connectivity index (χ2n) is 3.87. The van der Waals surface area contributed by atoms with Gasteiger partial charge in [-0.2, -0.15) is 24.7 Å². The summed E-state index contributed by atoms with van der Waals surface area (Å²) in [7, 11) is 1.34. The molecule has 0 aliphatic heterocycles. The molecule has 0 aliphatic rings. The Kier molecular flexibility index (Phi) is 5.43. The highest BCUT2D eigenvalue weighted by atomic mass is 32.2. The summed E-state index contributed by atoms with van der Waals surface area (Å²) in [6.07, 6.45) is 3.83. The van der Waals surface area contributed by atoms with Gasteiger partial charge in [-0.3, -0.25) is 4.79 Å². The van der Waals surface area contributed by atoms with Crippen molar-refractivity contribution in [2.45, 2.75) is 18.5 Å². The van der Waals surface area contributed by atoms with E-state index in [-0.39, 0.29) is 11.7 Å². The van der Waals surface area contributed by atoms with Crippen LogP contribution in [0.2, 0.25) is 0 Å². The van der Waals surface area contributed by atoms with E-state index in [1.54, 1.807) is 0 Å². The topological polar surface area (TPSA) is 108 Å². The van der Waals surface area contributed by atoms with Gasteiger partial charge in [-0.15, -0.1) is 0 Å². The quantitative estimate of drug-likeness (QED) is 0.579. The smallest absolute Gasteiger partial charge is 0.316 e. The van der Waals surface area contributed by atoms with Gasteiger partial charge >= 0.3 is 5.97 Å². The lowest BCUT2D eigenvalue weighted by atomic mass is 10.5. The van der Waals surface area contributed by atoms with Crippen molar-refractivity contribution in [1.29, 1.82) is 0 Å². The molecule has 0 radical (unpaired) electrons. The predicted molar refractivity (Wildman–Crippen MR) is 76.3 cm³/mol. The second kappa shape index (κ2) is 7.53. The van der Waals surface area contributed by atoms with E-state index in [1.807, 2.05) is 6.92 Å². The summed E-state index contributed by atoms with van der Waals surface area (Å²) in [5, 5.41) is 7.49. The lowest BCUT2D eigenvalue weighted by Gasteiger charge is -2.07. The summed E-state index contributed by atoms with van der Waals surface area (Å²) in [6.45, 7) is 2.78. The molecule has 2 heterocycles. The van der Waals surface area contributed by atoms with Crippen molar-refractivity contribution in [3.05, 3.63) is 12.7 Å². The number of carbonyl (C=O) groups excluding carboxylic acids is 1. The molecule has 0 aliphatic carbocycles. The van der Waals surface area contributed by atoms with Gasteiger partial charge < -0.3 is 10.1 Å². The Morgan fingerprint density at radius 1 is 1.43 bits per heavy atom. The Balaban J connectivity index is 2.22. The average molecular weight is 309 g/mol. The zero-order valence-electron chi connectivity index (χ0n) is 11.7. The maximum absolute atomic E-state index is 11.2. The van der Waals surface area contributed by atoms with Crippen LogP contribution in [0.5, 0.6) is 0 Å². The van der Waals surface area contributed by atoms with Gasteiger partial charge in [0.05, 0.1) is 12.9 Å². The summed E-state index contributed by atoms with van der Waals surface area (Å²) in [5.41, 5.74) is 0. The van der Waals surface area contributed by atoms with Crippen molar-refractivity contribution in [1.82, 2.24) is 29.7 Å². The van der Waals surface area contributed by atoms with Crippen LogP contribution in [-0.4, -0.2) is 55.1 Å². The number of nitrogens with zero attached hydrogens (tertiary/aromatic N) is 6. The highest BCUT2D eigenvalue weighted by Gasteiger charge is 2.11. The van der Waals surface area contributed by atoms with Crippen LogP contribution in [-0.2, 0) is 9.53 Å². The molecule has 112 valence electrons. The molecule has 0 amide bonds. The third kappa shape index (κ3) is 4.38. The minimum Gasteiger partial charge on any atom is -0.468 e. The number of thioether (sulfide) groups is 1. The van der Waals surface area contributed by atoms with Gasteiger partial charge in [-0.05, 0) is 6.42 Å². The molecule has 10 heteroatoms. The highest BCUT2D eigenvalue weighted by Crippen LogP contribution is 2.16. The molecule has 2 rings (SSSR count). The molecule has 0 fully saturated rings. The Bertz CT molecular complexity index is 590. The molecular formula is C11H15N7O2S. The number of esters is 1. The summed E-state index contributed by atoms with van der Waals surface area (Å²) in [5.74, 6) is 0.564. The molecule has 2 aromatic rings. The average Bonchev–Trinajstić information content (AvgIpc) is 3.04. The normalized spacial score (nSPS) is 10.4. The van der Waals surface area contributed by atoms with E-state index in [1.165, 1.54) is 36.2 Å². The van der Waals surface area contributed by atoms with Crippen molar-refractivity contribution in [2.24, 2.45) is 0 Å². The zero-order chi connectivity index (χ0) is 15.1. The molecule has 21 heavy (non-hydrogen) atoms. The van der Waals surface area contributed by atoms with Gasteiger partial charge in [0.2, 0.25) is 5.95 Å². The number of nitrogens with one attached hydrogen (secondary N) is 1. The Labute approximate surface area is 125 Å². The van der Waals surface area contributed by atoms with Crippen LogP contribution in [0.15, 0.2) is 17.8 Å². The third-order valence-corrected chi connectivity index (χ3v) is 3.13. The number of rotatable bonds is 7. The van der Waals surface area contributed by atoms with Crippen LogP contribution in [0, 0.1) is 0 Å². The first-order valence-corrected chi connectivity index (χ1v) is 7.26. The Morgan fingerprint density at radius 3 is 2.95 bits per heavy atom. The van der Waals surface area contributed by atoms with Crippen LogP contribution in [0.25, 0.3) is 5.95 Å². The molecule has 2 aromatic heterocycles. The molecule has 9 nitrogen and oxygen atoms in total. The van der Waals surface area contributed by atoms with Crippen molar-refractivity contribution in [2.75, 3.05) is 24.7 Å². The highest BCUT2D eigenvalue weighted by molar-refractivity contribution is 7.99. The summed E-state index contributed by atoms with van der Waals surface area (Å²) in [4.78, 5) is 27.8. The standard InChI is InChI=1S/C11H15N7O2S/c1-3-4-13-9-15-10(18-7-12-6-14-18)17-11(16-9)21-5-8(19)20-2/h6-7H,3-5H2,1-2H3,(H,13,15,16,17). The van der Waals surface area contributed by atoms with Crippen LogP contribution < -0.4 is 5.32 Å². The fraction of sp³-hybridized carbons (Fsp3) is 0.455. The largest absolute Gasteiger partial charge is 0.468 e. The first-order chi connectivity index (χ1) is 10.2. The van der Waals surface area contributed by atoms with E-state index < -0.39 is 0 Å². The number of methoxy groups -OCH3 is 1. The lowest BCUT2D eigenvalue weighted by Crippen LogP contribution is -2.11. The Morgan fingerprint density at radius 2 is 2.29 bits per heavy atom. The Hall–Kier alpha value is -2.23. The first kappa shape index (κ1) is 15.2. The van der Waals surface area contributed by atoms with Crippen LogP contribution in [0.3, 0.4) is 0 Å². The van der Waals surface area contributed by atoms with Gasteiger partial charge in [0.25, 0.3) is 5.95 Å². The third-order valence-electron chi connectivity index (χ3n) is 2.31. The van der Waals surface area contributed by atoms with E-state index in [9.17, 15) is 4.79 Å². The SMILES string of the molecule is CCCNc1nc(SCC(=O)OC)nc(-n2cncn2)n1. The molecule has 0 spiro atoms. The number of hydrogen-bond acceptors (Lipinski definition) is 9. The van der Waals surface area contributed by atoms with Crippen LogP contribution >= 0.6 is 11.8 Å². The predicted octanol–water partition coefficient (Wildman–Crippen LogP) is 0.539. The van der Waals surface area contributed by atoms with Gasteiger partial charge in [0, 0.05) is 6.54 Å². The maximum atomic E-state index is 11.2. The number of aromatic nitrogens is 6. The molecule has 0 aromatic carbocycles. The van der Waals surface area contributed by atoms with Crippen LogP contribution in [0.4, 0.5) is 5.95 Å². The van der Waals surface area contributed by atoms with Gasteiger partial charge in [0.15, 0.2) is 5.16 Å².